The second kappa shape index (κ2) is 5.65. The van der Waals surface area contributed by atoms with Crippen molar-refractivity contribution < 1.29 is 13.9 Å². The zero-order chi connectivity index (χ0) is 13.8. The number of para-hydroxylation sites is 1. The van der Waals surface area contributed by atoms with Crippen molar-refractivity contribution in [2.24, 2.45) is 0 Å². The van der Waals surface area contributed by atoms with Crippen LogP contribution in [-0.2, 0) is 0 Å². The number of ether oxygens (including phenoxy) is 1. The smallest absolute Gasteiger partial charge is 0.197 e. The van der Waals surface area contributed by atoms with Gasteiger partial charge in [0.1, 0.15) is 11.6 Å². The highest BCUT2D eigenvalue weighted by Gasteiger charge is 2.16. The zero-order valence-electron chi connectivity index (χ0n) is 10.9. The summed E-state index contributed by atoms with van der Waals surface area (Å²) in [6.07, 6.45) is 0. The second-order valence-electron chi connectivity index (χ2n) is 4.22. The molecule has 0 spiro atoms. The Balaban J connectivity index is 2.44. The molecule has 0 radical (unpaired) electrons. The number of halogens is 1. The number of hydrogen-bond acceptors (Lipinski definition) is 2. The summed E-state index contributed by atoms with van der Waals surface area (Å²) < 4.78 is 18.5. The molecule has 19 heavy (non-hydrogen) atoms. The maximum Gasteiger partial charge on any atom is 0.197 e. The molecule has 2 rings (SSSR count). The zero-order valence-corrected chi connectivity index (χ0v) is 10.9. The minimum absolute atomic E-state index is 0.151. The molecule has 0 bridgehead atoms. The van der Waals surface area contributed by atoms with E-state index >= 15 is 0 Å². The molecule has 0 saturated carbocycles. The van der Waals surface area contributed by atoms with Gasteiger partial charge in [0.2, 0.25) is 0 Å². The van der Waals surface area contributed by atoms with Gasteiger partial charge in [-0.15, -0.1) is 0 Å². The summed E-state index contributed by atoms with van der Waals surface area (Å²) >= 11 is 0. The third-order valence-corrected chi connectivity index (χ3v) is 2.86. The summed E-state index contributed by atoms with van der Waals surface area (Å²) in [6.45, 7) is 4.08. The maximum atomic E-state index is 13.1. The lowest BCUT2D eigenvalue weighted by Crippen LogP contribution is -2.07. The van der Waals surface area contributed by atoms with Crippen molar-refractivity contribution in [1.29, 1.82) is 0 Å². The molecule has 0 aliphatic rings. The standard InChI is InChI=1S/C16H15FO2/c1-3-19-15-7-5-4-6-14(15)16(18)13-9-8-12(17)10-11(13)2/h4-10H,3H2,1-2H3. The van der Waals surface area contributed by atoms with Crippen molar-refractivity contribution in [3.05, 3.63) is 65.0 Å². The molecular formula is C16H15FO2. The molecule has 2 nitrogen and oxygen atoms in total. The first kappa shape index (κ1) is 13.3. The molecule has 0 heterocycles. The molecule has 0 atom stereocenters. The van der Waals surface area contributed by atoms with Gasteiger partial charge in [0.15, 0.2) is 5.78 Å². The van der Waals surface area contributed by atoms with Crippen molar-refractivity contribution in [3.8, 4) is 5.75 Å². The van der Waals surface area contributed by atoms with Crippen molar-refractivity contribution in [2.75, 3.05) is 6.61 Å². The van der Waals surface area contributed by atoms with E-state index in [0.29, 0.717) is 29.0 Å². The summed E-state index contributed by atoms with van der Waals surface area (Å²) in [5.74, 6) is 0.0624. The highest BCUT2D eigenvalue weighted by atomic mass is 19.1. The van der Waals surface area contributed by atoms with Crippen LogP contribution < -0.4 is 4.74 Å². The van der Waals surface area contributed by atoms with Gasteiger partial charge in [-0.1, -0.05) is 12.1 Å². The molecule has 0 amide bonds. The van der Waals surface area contributed by atoms with Gasteiger partial charge in [-0.2, -0.15) is 0 Å². The first-order valence-corrected chi connectivity index (χ1v) is 6.16. The largest absolute Gasteiger partial charge is 0.493 e. The van der Waals surface area contributed by atoms with E-state index in [1.165, 1.54) is 18.2 Å². The van der Waals surface area contributed by atoms with E-state index in [1.54, 1.807) is 25.1 Å². The average Bonchev–Trinajstić information content (AvgIpc) is 2.39. The first-order chi connectivity index (χ1) is 9.13. The molecule has 2 aromatic carbocycles. The topological polar surface area (TPSA) is 26.3 Å². The molecule has 0 aliphatic carbocycles. The first-order valence-electron chi connectivity index (χ1n) is 6.16. The van der Waals surface area contributed by atoms with E-state index in [9.17, 15) is 9.18 Å². The van der Waals surface area contributed by atoms with Gasteiger partial charge in [0.25, 0.3) is 0 Å². The summed E-state index contributed by atoms with van der Waals surface area (Å²) in [4.78, 5) is 12.5. The minimum atomic E-state index is -0.341. The van der Waals surface area contributed by atoms with Crippen molar-refractivity contribution >= 4 is 5.78 Å². The summed E-state index contributed by atoms with van der Waals surface area (Å²) in [5.41, 5.74) is 1.61. The molecule has 2 aromatic rings. The third-order valence-electron chi connectivity index (χ3n) is 2.86. The number of rotatable bonds is 4. The van der Waals surface area contributed by atoms with Crippen molar-refractivity contribution in [1.82, 2.24) is 0 Å². The highest BCUT2D eigenvalue weighted by Crippen LogP contribution is 2.23. The van der Waals surface area contributed by atoms with Gasteiger partial charge in [-0.25, -0.2) is 4.39 Å². The Hall–Kier alpha value is -2.16. The number of ketones is 1. The summed E-state index contributed by atoms with van der Waals surface area (Å²) in [7, 11) is 0. The van der Waals surface area contributed by atoms with Crippen LogP contribution in [0, 0.1) is 12.7 Å². The minimum Gasteiger partial charge on any atom is -0.493 e. The average molecular weight is 258 g/mol. The van der Waals surface area contributed by atoms with Gasteiger partial charge in [0.05, 0.1) is 12.2 Å². The van der Waals surface area contributed by atoms with Crippen LogP contribution in [0.5, 0.6) is 5.75 Å². The normalized spacial score (nSPS) is 10.3. The fourth-order valence-corrected chi connectivity index (χ4v) is 1.96. The van der Waals surface area contributed by atoms with E-state index in [2.05, 4.69) is 0 Å². The van der Waals surface area contributed by atoms with Crippen LogP contribution in [0.15, 0.2) is 42.5 Å². The molecular weight excluding hydrogens is 243 g/mol. The van der Waals surface area contributed by atoms with Crippen molar-refractivity contribution in [2.45, 2.75) is 13.8 Å². The number of benzene rings is 2. The second-order valence-corrected chi connectivity index (χ2v) is 4.22. The van der Waals surface area contributed by atoms with Gasteiger partial charge < -0.3 is 4.74 Å². The third kappa shape index (κ3) is 2.81. The molecule has 0 aromatic heterocycles. The molecule has 0 N–H and O–H groups in total. The number of carbonyl (C=O) groups excluding carboxylic acids is 1. The Bertz CT molecular complexity index is 605. The van der Waals surface area contributed by atoms with Crippen LogP contribution >= 0.6 is 0 Å². The summed E-state index contributed by atoms with van der Waals surface area (Å²) in [6, 6.07) is 11.2. The van der Waals surface area contributed by atoms with E-state index < -0.39 is 0 Å². The SMILES string of the molecule is CCOc1ccccc1C(=O)c1ccc(F)cc1C. The lowest BCUT2D eigenvalue weighted by atomic mass is 9.98. The predicted octanol–water partition coefficient (Wildman–Crippen LogP) is 3.76. The molecule has 0 aliphatic heterocycles. The van der Waals surface area contributed by atoms with Crippen LogP contribution in [0.25, 0.3) is 0 Å². The van der Waals surface area contributed by atoms with E-state index in [-0.39, 0.29) is 11.6 Å². The van der Waals surface area contributed by atoms with Crippen LogP contribution in [0.3, 0.4) is 0 Å². The Morgan fingerprint density at radius 3 is 2.58 bits per heavy atom. The summed E-state index contributed by atoms with van der Waals surface area (Å²) in [5, 5.41) is 0. The lowest BCUT2D eigenvalue weighted by molar-refractivity contribution is 0.103. The molecule has 3 heteroatoms. The molecule has 0 fully saturated rings. The monoisotopic (exact) mass is 258 g/mol. The van der Waals surface area contributed by atoms with Gasteiger partial charge in [0, 0.05) is 5.56 Å². The number of hydrogen-bond donors (Lipinski definition) is 0. The molecule has 0 unspecified atom stereocenters. The highest BCUT2D eigenvalue weighted by molar-refractivity contribution is 6.11. The lowest BCUT2D eigenvalue weighted by Gasteiger charge is -2.10. The van der Waals surface area contributed by atoms with Crippen LogP contribution in [-0.4, -0.2) is 12.4 Å². The number of aryl methyl sites for hydroxylation is 1. The van der Waals surface area contributed by atoms with Crippen LogP contribution in [0.4, 0.5) is 4.39 Å². The van der Waals surface area contributed by atoms with Crippen LogP contribution in [0.1, 0.15) is 28.4 Å². The predicted molar refractivity (Wildman–Crippen MR) is 72.2 cm³/mol. The van der Waals surface area contributed by atoms with E-state index in [4.69, 9.17) is 4.74 Å². The molecule has 0 saturated heterocycles. The van der Waals surface area contributed by atoms with Gasteiger partial charge in [-0.05, 0) is 49.7 Å². The fourth-order valence-electron chi connectivity index (χ4n) is 1.96. The van der Waals surface area contributed by atoms with E-state index in [0.717, 1.165) is 0 Å². The van der Waals surface area contributed by atoms with Gasteiger partial charge in [-0.3, -0.25) is 4.79 Å². The Morgan fingerprint density at radius 1 is 1.16 bits per heavy atom. The Morgan fingerprint density at radius 2 is 1.89 bits per heavy atom. The quantitative estimate of drug-likeness (QED) is 0.780. The van der Waals surface area contributed by atoms with E-state index in [1.807, 2.05) is 13.0 Å². The Labute approximate surface area is 111 Å². The van der Waals surface area contributed by atoms with Crippen LogP contribution in [0.2, 0.25) is 0 Å². The Kier molecular flexibility index (Phi) is 3.95. The van der Waals surface area contributed by atoms with Crippen molar-refractivity contribution in [3.63, 3.8) is 0 Å². The fraction of sp³-hybridized carbons (Fsp3) is 0.188. The number of carbonyl (C=O) groups is 1. The maximum absolute atomic E-state index is 13.1. The van der Waals surface area contributed by atoms with Gasteiger partial charge >= 0.3 is 0 Å². The molecule has 98 valence electrons.